The number of nitrogens with zero attached hydrogens (tertiary/aromatic N) is 1. The van der Waals surface area contributed by atoms with E-state index in [1.165, 1.54) is 31.6 Å². The number of benzene rings is 1. The Hall–Kier alpha value is -2.77. The van der Waals surface area contributed by atoms with Crippen LogP contribution in [0, 0.1) is 0 Å². The molecule has 2 aromatic rings. The Morgan fingerprint density at radius 2 is 1.86 bits per heavy atom. The fraction of sp³-hybridized carbons (Fsp3) is 0.143. The molecule has 1 aromatic carbocycles. The van der Waals surface area contributed by atoms with Gasteiger partial charge in [-0.25, -0.2) is 0 Å². The summed E-state index contributed by atoms with van der Waals surface area (Å²) in [6.07, 6.45) is -1.88. The van der Waals surface area contributed by atoms with Crippen molar-refractivity contribution in [1.82, 2.24) is 4.98 Å². The van der Waals surface area contributed by atoms with Gasteiger partial charge in [0.05, 0.1) is 18.9 Å². The first-order valence-corrected chi connectivity index (χ1v) is 5.81. The molecule has 0 aliphatic rings. The van der Waals surface area contributed by atoms with Crippen LogP contribution in [-0.4, -0.2) is 28.8 Å². The van der Waals surface area contributed by atoms with Crippen molar-refractivity contribution in [2.45, 2.75) is 6.18 Å². The van der Waals surface area contributed by atoms with E-state index in [9.17, 15) is 18.3 Å². The molecular formula is C14H12F3NO4. The van der Waals surface area contributed by atoms with Crippen LogP contribution in [0.3, 0.4) is 0 Å². The average molecular weight is 315 g/mol. The summed E-state index contributed by atoms with van der Waals surface area (Å²) < 4.78 is 43.1. The van der Waals surface area contributed by atoms with Crippen LogP contribution >= 0.6 is 0 Å². The summed E-state index contributed by atoms with van der Waals surface area (Å²) in [5, 5.41) is 16.2. The summed E-state index contributed by atoms with van der Waals surface area (Å²) in [7, 11) is 1.36. The van der Waals surface area contributed by atoms with E-state index in [1.807, 2.05) is 0 Å². The first-order chi connectivity index (χ1) is 10.3. The predicted molar refractivity (Wildman–Crippen MR) is 71.6 cm³/mol. The minimum Gasteiger partial charge on any atom is -0.506 e. The van der Waals surface area contributed by atoms with Gasteiger partial charge in [-0.05, 0) is 24.3 Å². The Morgan fingerprint density at radius 3 is 2.36 bits per heavy atom. The Balaban J connectivity index is 0.000000745. The molecule has 0 bridgehead atoms. The summed E-state index contributed by atoms with van der Waals surface area (Å²) >= 11 is 0. The van der Waals surface area contributed by atoms with Gasteiger partial charge in [-0.15, -0.1) is 0 Å². The van der Waals surface area contributed by atoms with Crippen LogP contribution in [0.5, 0.6) is 11.5 Å². The van der Waals surface area contributed by atoms with Crippen molar-refractivity contribution >= 4 is 6.47 Å². The van der Waals surface area contributed by atoms with Crippen LogP contribution in [0.4, 0.5) is 13.2 Å². The van der Waals surface area contributed by atoms with E-state index in [-0.39, 0.29) is 23.5 Å². The molecular weight excluding hydrogens is 303 g/mol. The molecule has 1 heterocycles. The van der Waals surface area contributed by atoms with Crippen LogP contribution in [0.15, 0.2) is 36.7 Å². The quantitative estimate of drug-likeness (QED) is 0.832. The van der Waals surface area contributed by atoms with Crippen LogP contribution in [0.2, 0.25) is 0 Å². The molecule has 0 radical (unpaired) electrons. The first kappa shape index (κ1) is 17.3. The van der Waals surface area contributed by atoms with Crippen molar-refractivity contribution in [3.05, 3.63) is 42.2 Å². The van der Waals surface area contributed by atoms with E-state index < -0.39 is 11.7 Å². The molecule has 0 fully saturated rings. The molecule has 0 saturated carbocycles. The minimum absolute atomic E-state index is 0.128. The topological polar surface area (TPSA) is 79.7 Å². The van der Waals surface area contributed by atoms with Gasteiger partial charge in [-0.1, -0.05) is 0 Å². The molecule has 2 rings (SSSR count). The highest BCUT2D eigenvalue weighted by Gasteiger charge is 2.31. The van der Waals surface area contributed by atoms with Gasteiger partial charge in [0.25, 0.3) is 6.47 Å². The SMILES string of the molecule is COc1ccc(C(F)(F)F)cc1-c1cncc(O)c1.O=CO. The van der Waals surface area contributed by atoms with Crippen molar-refractivity contribution in [2.24, 2.45) is 0 Å². The van der Waals surface area contributed by atoms with Crippen molar-refractivity contribution in [1.29, 1.82) is 0 Å². The number of carboxylic acid groups (broad SMARTS) is 1. The number of hydrogen-bond acceptors (Lipinski definition) is 4. The molecule has 0 spiro atoms. The zero-order valence-electron chi connectivity index (χ0n) is 11.3. The van der Waals surface area contributed by atoms with E-state index >= 15 is 0 Å². The lowest BCUT2D eigenvalue weighted by Crippen LogP contribution is -2.05. The summed E-state index contributed by atoms with van der Waals surface area (Å²) in [6, 6.07) is 4.47. The van der Waals surface area contributed by atoms with Gasteiger partial charge in [0.1, 0.15) is 11.5 Å². The summed E-state index contributed by atoms with van der Waals surface area (Å²) in [6.45, 7) is -0.250. The minimum atomic E-state index is -4.44. The van der Waals surface area contributed by atoms with Crippen molar-refractivity contribution in [2.75, 3.05) is 7.11 Å². The molecule has 0 saturated heterocycles. The molecule has 0 unspecified atom stereocenters. The number of halogens is 3. The third-order valence-electron chi connectivity index (χ3n) is 2.56. The van der Waals surface area contributed by atoms with Gasteiger partial charge in [-0.2, -0.15) is 13.2 Å². The highest BCUT2D eigenvalue weighted by atomic mass is 19.4. The van der Waals surface area contributed by atoms with E-state index in [4.69, 9.17) is 14.6 Å². The van der Waals surface area contributed by atoms with Crippen molar-refractivity contribution in [3.63, 3.8) is 0 Å². The second-order valence-corrected chi connectivity index (χ2v) is 3.95. The lowest BCUT2D eigenvalue weighted by Gasteiger charge is -2.12. The van der Waals surface area contributed by atoms with Crippen molar-refractivity contribution in [3.8, 4) is 22.6 Å². The number of carbonyl (C=O) groups is 1. The Morgan fingerprint density at radius 1 is 1.23 bits per heavy atom. The zero-order chi connectivity index (χ0) is 16.8. The fourth-order valence-electron chi connectivity index (χ4n) is 1.68. The molecule has 118 valence electrons. The molecule has 0 atom stereocenters. The van der Waals surface area contributed by atoms with E-state index in [0.29, 0.717) is 5.56 Å². The Kier molecular flexibility index (Phi) is 5.73. The lowest BCUT2D eigenvalue weighted by atomic mass is 10.0. The number of ether oxygens (including phenoxy) is 1. The molecule has 8 heteroatoms. The van der Waals surface area contributed by atoms with E-state index in [0.717, 1.165) is 12.1 Å². The standard InChI is InChI=1S/C13H10F3NO2.CH2O2/c1-19-12-3-2-9(13(14,15)16)5-11(12)8-4-10(18)7-17-6-8;2-1-3/h2-7,18H,1H3;1H,(H,2,3). The lowest BCUT2D eigenvalue weighted by molar-refractivity contribution is -0.137. The third-order valence-corrected chi connectivity index (χ3v) is 2.56. The Labute approximate surface area is 123 Å². The molecule has 2 N–H and O–H groups in total. The number of hydrogen-bond donors (Lipinski definition) is 2. The first-order valence-electron chi connectivity index (χ1n) is 5.81. The highest BCUT2D eigenvalue weighted by molar-refractivity contribution is 5.71. The Bertz CT molecular complexity index is 644. The smallest absolute Gasteiger partial charge is 0.416 e. The van der Waals surface area contributed by atoms with Gasteiger partial charge in [0.2, 0.25) is 0 Å². The summed E-state index contributed by atoms with van der Waals surface area (Å²) in [5.41, 5.74) is -0.213. The second-order valence-electron chi connectivity index (χ2n) is 3.95. The van der Waals surface area contributed by atoms with Crippen LogP contribution < -0.4 is 4.74 Å². The average Bonchev–Trinajstić information content (AvgIpc) is 2.46. The summed E-state index contributed by atoms with van der Waals surface area (Å²) in [4.78, 5) is 12.1. The van der Waals surface area contributed by atoms with Gasteiger partial charge in [-0.3, -0.25) is 9.78 Å². The summed E-state index contributed by atoms with van der Waals surface area (Å²) in [5.74, 6) is 0.150. The number of methoxy groups -OCH3 is 1. The van der Waals surface area contributed by atoms with E-state index in [2.05, 4.69) is 4.98 Å². The molecule has 1 aromatic heterocycles. The molecule has 22 heavy (non-hydrogen) atoms. The maximum absolute atomic E-state index is 12.7. The third kappa shape index (κ3) is 4.37. The van der Waals surface area contributed by atoms with E-state index in [1.54, 1.807) is 0 Å². The number of alkyl halides is 3. The monoisotopic (exact) mass is 315 g/mol. The molecule has 0 aliphatic heterocycles. The zero-order valence-corrected chi connectivity index (χ0v) is 11.3. The predicted octanol–water partition coefficient (Wildman–Crippen LogP) is 3.18. The van der Waals surface area contributed by atoms with Gasteiger partial charge >= 0.3 is 6.18 Å². The number of aromatic hydroxyl groups is 1. The molecule has 0 amide bonds. The van der Waals surface area contributed by atoms with Crippen LogP contribution in [0.25, 0.3) is 11.1 Å². The van der Waals surface area contributed by atoms with Crippen LogP contribution in [0.1, 0.15) is 5.56 Å². The molecule has 5 nitrogen and oxygen atoms in total. The highest BCUT2D eigenvalue weighted by Crippen LogP contribution is 2.37. The largest absolute Gasteiger partial charge is 0.506 e. The van der Waals surface area contributed by atoms with Crippen LogP contribution in [-0.2, 0) is 11.0 Å². The number of aromatic nitrogens is 1. The van der Waals surface area contributed by atoms with Gasteiger partial charge in [0.15, 0.2) is 0 Å². The maximum Gasteiger partial charge on any atom is 0.416 e. The molecule has 0 aliphatic carbocycles. The number of pyridine rings is 1. The number of rotatable bonds is 2. The maximum atomic E-state index is 12.7. The van der Waals surface area contributed by atoms with Crippen molar-refractivity contribution < 1.29 is 32.9 Å². The fourth-order valence-corrected chi connectivity index (χ4v) is 1.68. The van der Waals surface area contributed by atoms with Gasteiger partial charge in [0, 0.05) is 17.3 Å². The second kappa shape index (κ2) is 7.30. The van der Waals surface area contributed by atoms with Gasteiger partial charge < -0.3 is 14.9 Å². The normalized spacial score (nSPS) is 10.4.